The highest BCUT2D eigenvalue weighted by Gasteiger charge is 2.27. The third-order valence-electron chi connectivity index (χ3n) is 6.12. The van der Waals surface area contributed by atoms with E-state index >= 15 is 0 Å². The van der Waals surface area contributed by atoms with E-state index in [1.165, 1.54) is 50.8 Å². The van der Waals surface area contributed by atoms with E-state index in [0.717, 1.165) is 44.5 Å². The molecule has 2 aliphatic rings. The fraction of sp³-hybridized carbons (Fsp3) is 0.696. The van der Waals surface area contributed by atoms with E-state index in [1.807, 2.05) is 12.1 Å². The van der Waals surface area contributed by atoms with Gasteiger partial charge in [-0.3, -0.25) is 4.79 Å². The molecule has 4 nitrogen and oxygen atoms in total. The van der Waals surface area contributed by atoms with Crippen LogP contribution in [-0.4, -0.2) is 54.5 Å². The van der Waals surface area contributed by atoms with Crippen molar-refractivity contribution in [1.82, 2.24) is 9.80 Å². The standard InChI is InChI=1S/C23H36N2O2/c1-2-20-10-12-22(13-11-20)27-19-23(26)25-17-8-5-9-21(25)14-18-24-15-6-3-4-7-16-24/h10-13,21H,2-9,14-19H2,1H3/t21-/m1/s1. The summed E-state index contributed by atoms with van der Waals surface area (Å²) in [4.78, 5) is 17.5. The van der Waals surface area contributed by atoms with Crippen molar-refractivity contribution in [1.29, 1.82) is 0 Å². The first-order chi connectivity index (χ1) is 13.3. The van der Waals surface area contributed by atoms with Crippen molar-refractivity contribution in [3.05, 3.63) is 29.8 Å². The maximum Gasteiger partial charge on any atom is 0.260 e. The number of carbonyl (C=O) groups is 1. The zero-order chi connectivity index (χ0) is 18.9. The summed E-state index contributed by atoms with van der Waals surface area (Å²) in [6.45, 7) is 6.79. The van der Waals surface area contributed by atoms with Crippen molar-refractivity contribution in [3.8, 4) is 5.75 Å². The van der Waals surface area contributed by atoms with Crippen LogP contribution in [0, 0.1) is 0 Å². The van der Waals surface area contributed by atoms with Crippen molar-refractivity contribution in [2.75, 3.05) is 32.8 Å². The van der Waals surface area contributed by atoms with E-state index in [1.54, 1.807) is 0 Å². The summed E-state index contributed by atoms with van der Waals surface area (Å²) in [6.07, 6.45) is 11.1. The van der Waals surface area contributed by atoms with Crippen molar-refractivity contribution in [3.63, 3.8) is 0 Å². The minimum Gasteiger partial charge on any atom is -0.484 e. The largest absolute Gasteiger partial charge is 0.484 e. The Hall–Kier alpha value is -1.55. The summed E-state index contributed by atoms with van der Waals surface area (Å²) in [5, 5.41) is 0. The van der Waals surface area contributed by atoms with Crippen LogP contribution in [0.2, 0.25) is 0 Å². The number of rotatable bonds is 7. The van der Waals surface area contributed by atoms with E-state index in [9.17, 15) is 4.79 Å². The van der Waals surface area contributed by atoms with Gasteiger partial charge in [-0.2, -0.15) is 0 Å². The second-order valence-electron chi connectivity index (χ2n) is 8.07. The highest BCUT2D eigenvalue weighted by atomic mass is 16.5. The number of likely N-dealkylation sites (tertiary alicyclic amines) is 2. The molecule has 0 spiro atoms. The van der Waals surface area contributed by atoms with Gasteiger partial charge in [-0.15, -0.1) is 0 Å². The van der Waals surface area contributed by atoms with E-state index in [-0.39, 0.29) is 12.5 Å². The monoisotopic (exact) mass is 372 g/mol. The maximum atomic E-state index is 12.8. The molecule has 1 atom stereocenters. The van der Waals surface area contributed by atoms with Crippen LogP contribution in [-0.2, 0) is 11.2 Å². The van der Waals surface area contributed by atoms with Crippen molar-refractivity contribution >= 4 is 5.91 Å². The third kappa shape index (κ3) is 6.24. The summed E-state index contributed by atoms with van der Waals surface area (Å²) in [5.74, 6) is 0.939. The molecule has 1 amide bonds. The SMILES string of the molecule is CCc1ccc(OCC(=O)N2CCCC[C@@H]2CCN2CCCCCC2)cc1. The molecule has 2 aliphatic heterocycles. The summed E-state index contributed by atoms with van der Waals surface area (Å²) in [6, 6.07) is 8.48. The molecule has 2 heterocycles. The Morgan fingerprint density at radius 2 is 1.70 bits per heavy atom. The van der Waals surface area contributed by atoms with Crippen molar-refractivity contribution in [2.24, 2.45) is 0 Å². The highest BCUT2D eigenvalue weighted by Crippen LogP contribution is 2.22. The van der Waals surface area contributed by atoms with E-state index < -0.39 is 0 Å². The van der Waals surface area contributed by atoms with Crippen molar-refractivity contribution in [2.45, 2.75) is 70.8 Å². The Kier molecular flexibility index (Phi) is 8.00. The molecule has 2 saturated heterocycles. The van der Waals surface area contributed by atoms with Gasteiger partial charge in [0.25, 0.3) is 5.91 Å². The lowest BCUT2D eigenvalue weighted by molar-refractivity contribution is -0.137. The van der Waals surface area contributed by atoms with Gasteiger partial charge in [-0.05, 0) is 75.7 Å². The molecule has 4 heteroatoms. The molecule has 0 bridgehead atoms. The van der Waals surface area contributed by atoms with Crippen LogP contribution >= 0.6 is 0 Å². The summed E-state index contributed by atoms with van der Waals surface area (Å²) in [5.41, 5.74) is 1.29. The van der Waals surface area contributed by atoms with E-state index in [2.05, 4.69) is 28.9 Å². The number of hydrogen-bond donors (Lipinski definition) is 0. The smallest absolute Gasteiger partial charge is 0.260 e. The first-order valence-electron chi connectivity index (χ1n) is 11.0. The van der Waals surface area contributed by atoms with Crippen LogP contribution in [0.3, 0.4) is 0 Å². The Labute approximate surface area is 164 Å². The molecular weight excluding hydrogens is 336 g/mol. The molecule has 150 valence electrons. The molecule has 0 aliphatic carbocycles. The molecule has 1 aromatic rings. The van der Waals surface area contributed by atoms with Crippen LogP contribution in [0.25, 0.3) is 0 Å². The Balaban J connectivity index is 1.48. The average molecular weight is 373 g/mol. The van der Waals surface area contributed by atoms with E-state index in [0.29, 0.717) is 6.04 Å². The fourth-order valence-corrected chi connectivity index (χ4v) is 4.37. The van der Waals surface area contributed by atoms with Gasteiger partial charge < -0.3 is 14.5 Å². The van der Waals surface area contributed by atoms with Gasteiger partial charge in [-0.25, -0.2) is 0 Å². The maximum absolute atomic E-state index is 12.8. The Morgan fingerprint density at radius 1 is 1.00 bits per heavy atom. The molecule has 3 rings (SSSR count). The number of piperidine rings is 1. The minimum absolute atomic E-state index is 0.148. The molecule has 27 heavy (non-hydrogen) atoms. The number of aryl methyl sites for hydroxylation is 1. The number of carbonyl (C=O) groups excluding carboxylic acids is 1. The van der Waals surface area contributed by atoms with Crippen LogP contribution in [0.1, 0.15) is 63.9 Å². The van der Waals surface area contributed by atoms with Gasteiger partial charge in [0.2, 0.25) is 0 Å². The lowest BCUT2D eigenvalue weighted by Crippen LogP contribution is -2.47. The molecule has 0 N–H and O–H groups in total. The lowest BCUT2D eigenvalue weighted by Gasteiger charge is -2.37. The first kappa shape index (κ1) is 20.2. The second-order valence-corrected chi connectivity index (χ2v) is 8.07. The van der Waals surface area contributed by atoms with Crippen molar-refractivity contribution < 1.29 is 9.53 Å². The number of amides is 1. The summed E-state index contributed by atoms with van der Waals surface area (Å²) < 4.78 is 5.78. The van der Waals surface area contributed by atoms with Gasteiger partial charge >= 0.3 is 0 Å². The second kappa shape index (κ2) is 10.7. The Bertz CT molecular complexity index is 564. The van der Waals surface area contributed by atoms with Gasteiger partial charge in [0.15, 0.2) is 6.61 Å². The molecular formula is C23H36N2O2. The lowest BCUT2D eigenvalue weighted by atomic mass is 9.99. The highest BCUT2D eigenvalue weighted by molar-refractivity contribution is 5.78. The van der Waals surface area contributed by atoms with Gasteiger partial charge in [0.1, 0.15) is 5.75 Å². The van der Waals surface area contributed by atoms with Crippen LogP contribution in [0.5, 0.6) is 5.75 Å². The van der Waals surface area contributed by atoms with Crippen LogP contribution in [0.15, 0.2) is 24.3 Å². The summed E-state index contributed by atoms with van der Waals surface area (Å²) in [7, 11) is 0. The molecule has 1 aromatic carbocycles. The molecule has 0 saturated carbocycles. The number of ether oxygens (including phenoxy) is 1. The normalized spacial score (nSPS) is 21.7. The fourth-order valence-electron chi connectivity index (χ4n) is 4.37. The number of nitrogens with zero attached hydrogens (tertiary/aromatic N) is 2. The molecule has 0 radical (unpaired) electrons. The first-order valence-corrected chi connectivity index (χ1v) is 11.0. The van der Waals surface area contributed by atoms with Gasteiger partial charge in [0, 0.05) is 19.1 Å². The number of hydrogen-bond acceptors (Lipinski definition) is 3. The molecule has 0 aromatic heterocycles. The minimum atomic E-state index is 0.148. The number of benzene rings is 1. The van der Waals surface area contributed by atoms with Crippen LogP contribution in [0.4, 0.5) is 0 Å². The third-order valence-corrected chi connectivity index (χ3v) is 6.12. The quantitative estimate of drug-likeness (QED) is 0.716. The summed E-state index contributed by atoms with van der Waals surface area (Å²) >= 11 is 0. The zero-order valence-corrected chi connectivity index (χ0v) is 17.0. The zero-order valence-electron chi connectivity index (χ0n) is 17.0. The molecule has 0 unspecified atom stereocenters. The van der Waals surface area contributed by atoms with Gasteiger partial charge in [0.05, 0.1) is 0 Å². The topological polar surface area (TPSA) is 32.8 Å². The average Bonchev–Trinajstić information content (AvgIpc) is 3.00. The van der Waals surface area contributed by atoms with Gasteiger partial charge in [-0.1, -0.05) is 31.9 Å². The van der Waals surface area contributed by atoms with E-state index in [4.69, 9.17) is 4.74 Å². The Morgan fingerprint density at radius 3 is 2.41 bits per heavy atom. The van der Waals surface area contributed by atoms with Crippen LogP contribution < -0.4 is 4.74 Å². The predicted octanol–water partition coefficient (Wildman–Crippen LogP) is 4.28. The molecule has 2 fully saturated rings. The predicted molar refractivity (Wildman–Crippen MR) is 110 cm³/mol.